The number of nitro benzene ring substituents is 1. The second-order valence-electron chi connectivity index (χ2n) is 3.93. The van der Waals surface area contributed by atoms with Gasteiger partial charge in [0.1, 0.15) is 10.6 Å². The van der Waals surface area contributed by atoms with Crippen molar-refractivity contribution in [3.05, 3.63) is 51.6 Å². The van der Waals surface area contributed by atoms with Gasteiger partial charge in [0.05, 0.1) is 4.92 Å². The molecule has 19 heavy (non-hydrogen) atoms. The van der Waals surface area contributed by atoms with Gasteiger partial charge in [0.15, 0.2) is 0 Å². The van der Waals surface area contributed by atoms with Gasteiger partial charge in [0.25, 0.3) is 5.91 Å². The van der Waals surface area contributed by atoms with E-state index >= 15 is 0 Å². The molecule has 0 N–H and O–H groups in total. The Kier molecular flexibility index (Phi) is 5.51. The summed E-state index contributed by atoms with van der Waals surface area (Å²) in [6.07, 6.45) is 2.35. The van der Waals surface area contributed by atoms with Crippen molar-refractivity contribution in [2.24, 2.45) is 0 Å². The second-order valence-corrected chi connectivity index (χ2v) is 4.34. The quantitative estimate of drug-likeness (QED) is 0.457. The molecule has 0 aliphatic carbocycles. The van der Waals surface area contributed by atoms with Crippen LogP contribution in [-0.4, -0.2) is 28.8 Å². The molecular formula is C13H15ClN2O3. The Labute approximate surface area is 116 Å². The number of halogens is 1. The van der Waals surface area contributed by atoms with Gasteiger partial charge in [0.2, 0.25) is 0 Å². The van der Waals surface area contributed by atoms with Crippen LogP contribution in [0.2, 0.25) is 5.02 Å². The van der Waals surface area contributed by atoms with E-state index in [-0.39, 0.29) is 16.3 Å². The summed E-state index contributed by atoms with van der Waals surface area (Å²) in [6, 6.07) is 4.34. The van der Waals surface area contributed by atoms with Gasteiger partial charge < -0.3 is 4.90 Å². The molecule has 0 aliphatic heterocycles. The van der Waals surface area contributed by atoms with E-state index in [1.807, 2.05) is 6.92 Å². The van der Waals surface area contributed by atoms with E-state index in [0.717, 1.165) is 6.42 Å². The van der Waals surface area contributed by atoms with Crippen molar-refractivity contribution >= 4 is 23.2 Å². The van der Waals surface area contributed by atoms with Crippen LogP contribution in [0.15, 0.2) is 30.9 Å². The largest absolute Gasteiger partial charge is 0.335 e. The number of hydrogen-bond donors (Lipinski definition) is 0. The van der Waals surface area contributed by atoms with Crippen molar-refractivity contribution in [2.45, 2.75) is 13.3 Å². The van der Waals surface area contributed by atoms with Crippen LogP contribution < -0.4 is 0 Å². The summed E-state index contributed by atoms with van der Waals surface area (Å²) in [6.45, 7) is 6.36. The zero-order valence-electron chi connectivity index (χ0n) is 10.6. The van der Waals surface area contributed by atoms with Crippen LogP contribution >= 0.6 is 11.6 Å². The van der Waals surface area contributed by atoms with Crippen LogP contribution in [0.25, 0.3) is 0 Å². The van der Waals surface area contributed by atoms with E-state index in [1.54, 1.807) is 6.08 Å². The summed E-state index contributed by atoms with van der Waals surface area (Å²) < 4.78 is 0. The standard InChI is InChI=1S/C13H15ClN2O3/c1-3-8-15(9-4-2)13(17)10-6-5-7-11(14)12(10)16(18)19/h3,5-7H,1,4,8-9H2,2H3. The Bertz CT molecular complexity index is 503. The number of benzene rings is 1. The topological polar surface area (TPSA) is 63.5 Å². The Morgan fingerprint density at radius 1 is 1.58 bits per heavy atom. The molecule has 102 valence electrons. The molecule has 0 saturated carbocycles. The summed E-state index contributed by atoms with van der Waals surface area (Å²) in [7, 11) is 0. The molecule has 0 atom stereocenters. The summed E-state index contributed by atoms with van der Waals surface area (Å²) in [5.41, 5.74) is -0.341. The molecule has 0 aromatic heterocycles. The molecule has 6 heteroatoms. The fourth-order valence-corrected chi connectivity index (χ4v) is 1.99. The lowest BCUT2D eigenvalue weighted by Crippen LogP contribution is -2.32. The molecule has 0 unspecified atom stereocenters. The van der Waals surface area contributed by atoms with Crippen molar-refractivity contribution in [2.75, 3.05) is 13.1 Å². The van der Waals surface area contributed by atoms with Crippen LogP contribution in [0.5, 0.6) is 0 Å². The molecule has 0 radical (unpaired) electrons. The maximum Gasteiger partial charge on any atom is 0.300 e. The molecule has 0 saturated heterocycles. The van der Waals surface area contributed by atoms with Gasteiger partial charge in [-0.3, -0.25) is 14.9 Å². The highest BCUT2D eigenvalue weighted by atomic mass is 35.5. The molecule has 0 spiro atoms. The summed E-state index contributed by atoms with van der Waals surface area (Å²) in [5.74, 6) is -0.407. The van der Waals surface area contributed by atoms with E-state index in [1.165, 1.54) is 23.1 Å². The normalized spacial score (nSPS) is 10.0. The number of carbonyl (C=O) groups excluding carboxylic acids is 1. The molecule has 0 aliphatic rings. The maximum atomic E-state index is 12.3. The minimum Gasteiger partial charge on any atom is -0.335 e. The van der Waals surface area contributed by atoms with Gasteiger partial charge in [0, 0.05) is 13.1 Å². The lowest BCUT2D eigenvalue weighted by Gasteiger charge is -2.20. The highest BCUT2D eigenvalue weighted by Crippen LogP contribution is 2.29. The van der Waals surface area contributed by atoms with Crippen molar-refractivity contribution in [1.82, 2.24) is 4.90 Å². The Hall–Kier alpha value is -1.88. The second kappa shape index (κ2) is 6.89. The molecular weight excluding hydrogens is 268 g/mol. The van der Waals surface area contributed by atoms with Gasteiger partial charge in [-0.05, 0) is 18.6 Å². The van der Waals surface area contributed by atoms with Crippen LogP contribution in [0.4, 0.5) is 5.69 Å². The fourth-order valence-electron chi connectivity index (χ4n) is 1.75. The molecule has 1 aromatic rings. The average Bonchev–Trinajstić information content (AvgIpc) is 2.37. The predicted molar refractivity (Wildman–Crippen MR) is 74.5 cm³/mol. The lowest BCUT2D eigenvalue weighted by atomic mass is 10.1. The number of hydrogen-bond acceptors (Lipinski definition) is 3. The number of rotatable bonds is 6. The molecule has 0 heterocycles. The summed E-state index contributed by atoms with van der Waals surface area (Å²) in [5, 5.41) is 11.0. The molecule has 0 fully saturated rings. The highest BCUT2D eigenvalue weighted by Gasteiger charge is 2.26. The number of para-hydroxylation sites is 1. The third-order valence-corrected chi connectivity index (χ3v) is 2.83. The summed E-state index contributed by atoms with van der Waals surface area (Å²) >= 11 is 5.79. The van der Waals surface area contributed by atoms with Gasteiger partial charge in [-0.2, -0.15) is 0 Å². The van der Waals surface area contributed by atoms with Gasteiger partial charge in [-0.25, -0.2) is 0 Å². The van der Waals surface area contributed by atoms with Crippen molar-refractivity contribution in [1.29, 1.82) is 0 Å². The first-order chi connectivity index (χ1) is 9.02. The SMILES string of the molecule is C=CCN(CCC)C(=O)c1cccc(Cl)c1[N+](=O)[O-]. The van der Waals surface area contributed by atoms with Crippen LogP contribution in [-0.2, 0) is 0 Å². The Morgan fingerprint density at radius 2 is 2.26 bits per heavy atom. The first-order valence-electron chi connectivity index (χ1n) is 5.86. The van der Waals surface area contributed by atoms with E-state index in [0.29, 0.717) is 13.1 Å². The summed E-state index contributed by atoms with van der Waals surface area (Å²) in [4.78, 5) is 24.2. The lowest BCUT2D eigenvalue weighted by molar-refractivity contribution is -0.385. The number of carbonyl (C=O) groups is 1. The molecule has 1 amide bonds. The average molecular weight is 283 g/mol. The van der Waals surface area contributed by atoms with Gasteiger partial charge in [-0.15, -0.1) is 6.58 Å². The third-order valence-electron chi connectivity index (χ3n) is 2.53. The molecule has 5 nitrogen and oxygen atoms in total. The minimum atomic E-state index is -0.631. The smallest absolute Gasteiger partial charge is 0.300 e. The fraction of sp³-hybridized carbons (Fsp3) is 0.308. The van der Waals surface area contributed by atoms with E-state index in [2.05, 4.69) is 6.58 Å². The van der Waals surface area contributed by atoms with Gasteiger partial charge >= 0.3 is 5.69 Å². The van der Waals surface area contributed by atoms with Crippen LogP contribution in [0.1, 0.15) is 23.7 Å². The predicted octanol–water partition coefficient (Wildman–Crippen LogP) is 3.29. The Balaban J connectivity index is 3.20. The van der Waals surface area contributed by atoms with Crippen LogP contribution in [0, 0.1) is 10.1 Å². The maximum absolute atomic E-state index is 12.3. The van der Waals surface area contributed by atoms with Crippen molar-refractivity contribution in [3.63, 3.8) is 0 Å². The van der Waals surface area contributed by atoms with E-state index < -0.39 is 10.8 Å². The van der Waals surface area contributed by atoms with Gasteiger partial charge in [-0.1, -0.05) is 30.7 Å². The number of nitrogens with zero attached hydrogens (tertiary/aromatic N) is 2. The third kappa shape index (κ3) is 3.54. The van der Waals surface area contributed by atoms with E-state index in [4.69, 9.17) is 11.6 Å². The highest BCUT2D eigenvalue weighted by molar-refractivity contribution is 6.33. The zero-order valence-corrected chi connectivity index (χ0v) is 11.4. The Morgan fingerprint density at radius 3 is 2.79 bits per heavy atom. The first kappa shape index (κ1) is 15.2. The molecule has 1 aromatic carbocycles. The minimum absolute atomic E-state index is 0.00722. The monoisotopic (exact) mass is 282 g/mol. The first-order valence-corrected chi connectivity index (χ1v) is 6.23. The zero-order chi connectivity index (χ0) is 14.4. The van der Waals surface area contributed by atoms with E-state index in [9.17, 15) is 14.9 Å². The van der Waals surface area contributed by atoms with Crippen molar-refractivity contribution < 1.29 is 9.72 Å². The molecule has 0 bridgehead atoms. The molecule has 1 rings (SSSR count). The van der Waals surface area contributed by atoms with Crippen molar-refractivity contribution in [3.8, 4) is 0 Å². The number of nitro groups is 1. The van der Waals surface area contributed by atoms with Crippen LogP contribution in [0.3, 0.4) is 0 Å². The number of amides is 1.